The van der Waals surface area contributed by atoms with Crippen molar-refractivity contribution in [3.63, 3.8) is 0 Å². The number of methoxy groups -OCH3 is 1. The van der Waals surface area contributed by atoms with E-state index in [0.29, 0.717) is 12.6 Å². The van der Waals surface area contributed by atoms with Crippen LogP contribution in [0.1, 0.15) is 24.8 Å². The summed E-state index contributed by atoms with van der Waals surface area (Å²) in [5.41, 5.74) is 0. The van der Waals surface area contributed by atoms with Crippen molar-refractivity contribution in [2.45, 2.75) is 19.9 Å². The second-order valence-electron chi connectivity index (χ2n) is 4.06. The molecule has 0 amide bonds. The van der Waals surface area contributed by atoms with Gasteiger partial charge in [0, 0.05) is 17.5 Å². The number of rotatable bonds is 5. The van der Waals surface area contributed by atoms with Gasteiger partial charge in [0.25, 0.3) is 0 Å². The number of esters is 1. The largest absolute Gasteiger partial charge is 0.469 e. The van der Waals surface area contributed by atoms with Crippen LogP contribution in [0.25, 0.3) is 0 Å². The Bertz CT molecular complexity index is 324. The minimum Gasteiger partial charge on any atom is -0.469 e. The molecule has 4 heteroatoms. The Balaban J connectivity index is 2.52. The van der Waals surface area contributed by atoms with Crippen molar-refractivity contribution in [3.8, 4) is 0 Å². The summed E-state index contributed by atoms with van der Waals surface area (Å²) in [7, 11) is 3.46. The molecule has 0 N–H and O–H groups in total. The summed E-state index contributed by atoms with van der Waals surface area (Å²) in [4.78, 5) is 14.8. The van der Waals surface area contributed by atoms with Crippen LogP contribution in [-0.2, 0) is 9.53 Å². The van der Waals surface area contributed by atoms with Gasteiger partial charge < -0.3 is 4.74 Å². The van der Waals surface area contributed by atoms with Gasteiger partial charge in [-0.15, -0.1) is 11.3 Å². The minimum atomic E-state index is -0.148. The summed E-state index contributed by atoms with van der Waals surface area (Å²) in [6, 6.07) is 4.51. The first kappa shape index (κ1) is 13.2. The second kappa shape index (κ2) is 6.01. The Morgan fingerprint density at radius 2 is 2.25 bits per heavy atom. The lowest BCUT2D eigenvalue weighted by Gasteiger charge is -2.25. The molecule has 0 aromatic carbocycles. The summed E-state index contributed by atoms with van der Waals surface area (Å²) in [5.74, 6) is -0.234. The highest BCUT2D eigenvalue weighted by atomic mass is 32.1. The lowest BCUT2D eigenvalue weighted by molar-refractivity contribution is -0.145. The molecule has 2 atom stereocenters. The van der Waals surface area contributed by atoms with Crippen LogP contribution >= 0.6 is 11.3 Å². The number of carbonyl (C=O) groups is 1. The van der Waals surface area contributed by atoms with Crippen LogP contribution in [0.15, 0.2) is 17.5 Å². The fraction of sp³-hybridized carbons (Fsp3) is 0.583. The van der Waals surface area contributed by atoms with Crippen LogP contribution in [0.5, 0.6) is 0 Å². The van der Waals surface area contributed by atoms with Gasteiger partial charge in [-0.1, -0.05) is 13.0 Å². The molecule has 0 radical (unpaired) electrons. The van der Waals surface area contributed by atoms with Crippen LogP contribution in [0.4, 0.5) is 0 Å². The summed E-state index contributed by atoms with van der Waals surface area (Å²) in [6.45, 7) is 4.76. The maximum Gasteiger partial charge on any atom is 0.309 e. The average molecular weight is 241 g/mol. The second-order valence-corrected chi connectivity index (χ2v) is 5.03. The van der Waals surface area contributed by atoms with E-state index >= 15 is 0 Å². The SMILES string of the molecule is COC(=O)C(C)CN(C)C(C)c1cccs1. The van der Waals surface area contributed by atoms with Crippen molar-refractivity contribution < 1.29 is 9.53 Å². The number of nitrogens with zero attached hydrogens (tertiary/aromatic N) is 1. The molecule has 0 saturated carbocycles. The fourth-order valence-electron chi connectivity index (χ4n) is 1.61. The molecule has 0 saturated heterocycles. The van der Waals surface area contributed by atoms with Crippen molar-refractivity contribution in [2.24, 2.45) is 5.92 Å². The maximum absolute atomic E-state index is 11.3. The third-order valence-corrected chi connectivity index (χ3v) is 3.82. The quantitative estimate of drug-likeness (QED) is 0.742. The monoisotopic (exact) mass is 241 g/mol. The highest BCUT2D eigenvalue weighted by Crippen LogP contribution is 2.23. The molecule has 0 spiro atoms. The smallest absolute Gasteiger partial charge is 0.309 e. The molecule has 0 bridgehead atoms. The summed E-state index contributed by atoms with van der Waals surface area (Å²) < 4.78 is 4.72. The number of ether oxygens (including phenoxy) is 1. The number of carbonyl (C=O) groups excluding carboxylic acids is 1. The minimum absolute atomic E-state index is 0.0857. The average Bonchev–Trinajstić information content (AvgIpc) is 2.79. The maximum atomic E-state index is 11.3. The Hall–Kier alpha value is -0.870. The van der Waals surface area contributed by atoms with Gasteiger partial charge in [0.2, 0.25) is 0 Å². The molecular weight excluding hydrogens is 222 g/mol. The predicted molar refractivity (Wildman–Crippen MR) is 66.5 cm³/mol. The van der Waals surface area contributed by atoms with E-state index in [1.807, 2.05) is 20.0 Å². The molecule has 3 nitrogen and oxygen atoms in total. The van der Waals surface area contributed by atoms with E-state index < -0.39 is 0 Å². The number of hydrogen-bond donors (Lipinski definition) is 0. The molecule has 0 aliphatic carbocycles. The molecule has 1 aromatic heterocycles. The molecule has 1 aromatic rings. The third-order valence-electron chi connectivity index (χ3n) is 2.78. The summed E-state index contributed by atoms with van der Waals surface area (Å²) in [5, 5.41) is 2.07. The first-order valence-corrected chi connectivity index (χ1v) is 6.25. The Morgan fingerprint density at radius 1 is 1.56 bits per heavy atom. The van der Waals surface area contributed by atoms with Crippen molar-refractivity contribution >= 4 is 17.3 Å². The normalized spacial score (nSPS) is 14.8. The topological polar surface area (TPSA) is 29.5 Å². The van der Waals surface area contributed by atoms with Gasteiger partial charge in [-0.05, 0) is 25.4 Å². The van der Waals surface area contributed by atoms with Gasteiger partial charge in [-0.3, -0.25) is 9.69 Å². The number of thiophene rings is 1. The highest BCUT2D eigenvalue weighted by Gasteiger charge is 2.19. The zero-order valence-electron chi connectivity index (χ0n) is 10.3. The van der Waals surface area contributed by atoms with Crippen molar-refractivity contribution in [2.75, 3.05) is 20.7 Å². The van der Waals surface area contributed by atoms with E-state index in [1.54, 1.807) is 11.3 Å². The Labute approximate surface area is 101 Å². The van der Waals surface area contributed by atoms with E-state index in [0.717, 1.165) is 0 Å². The molecule has 2 unspecified atom stereocenters. The van der Waals surface area contributed by atoms with Crippen LogP contribution in [0, 0.1) is 5.92 Å². The summed E-state index contributed by atoms with van der Waals surface area (Å²) >= 11 is 1.74. The van der Waals surface area contributed by atoms with Crippen molar-refractivity contribution in [1.82, 2.24) is 4.90 Å². The van der Waals surface area contributed by atoms with Gasteiger partial charge in [-0.25, -0.2) is 0 Å². The van der Waals surface area contributed by atoms with Gasteiger partial charge in [0.05, 0.1) is 13.0 Å². The van der Waals surface area contributed by atoms with Gasteiger partial charge in [-0.2, -0.15) is 0 Å². The Kier molecular flexibility index (Phi) is 4.96. The molecule has 1 rings (SSSR count). The molecule has 0 fully saturated rings. The highest BCUT2D eigenvalue weighted by molar-refractivity contribution is 7.10. The van der Waals surface area contributed by atoms with Crippen LogP contribution in [0.2, 0.25) is 0 Å². The van der Waals surface area contributed by atoms with Crippen LogP contribution < -0.4 is 0 Å². The molecule has 1 heterocycles. The van der Waals surface area contributed by atoms with E-state index in [2.05, 4.69) is 23.3 Å². The lowest BCUT2D eigenvalue weighted by Crippen LogP contribution is -2.31. The van der Waals surface area contributed by atoms with Gasteiger partial charge in [0.1, 0.15) is 0 Å². The Morgan fingerprint density at radius 3 is 2.75 bits per heavy atom. The van der Waals surface area contributed by atoms with Gasteiger partial charge >= 0.3 is 5.97 Å². The van der Waals surface area contributed by atoms with Crippen molar-refractivity contribution in [3.05, 3.63) is 22.4 Å². The van der Waals surface area contributed by atoms with Gasteiger partial charge in [0.15, 0.2) is 0 Å². The lowest BCUT2D eigenvalue weighted by atomic mass is 10.1. The van der Waals surface area contributed by atoms with Crippen LogP contribution in [-0.4, -0.2) is 31.6 Å². The number of hydrogen-bond acceptors (Lipinski definition) is 4. The molecule has 0 aliphatic rings. The van der Waals surface area contributed by atoms with E-state index in [4.69, 9.17) is 4.74 Å². The fourth-order valence-corrected chi connectivity index (χ4v) is 2.46. The molecule has 16 heavy (non-hydrogen) atoms. The standard InChI is InChI=1S/C12H19NO2S/c1-9(12(14)15-4)8-13(3)10(2)11-6-5-7-16-11/h5-7,9-10H,8H2,1-4H3. The van der Waals surface area contributed by atoms with E-state index in [1.165, 1.54) is 12.0 Å². The predicted octanol–water partition coefficient (Wildman–Crippen LogP) is 2.55. The van der Waals surface area contributed by atoms with E-state index in [9.17, 15) is 4.79 Å². The van der Waals surface area contributed by atoms with E-state index in [-0.39, 0.29) is 11.9 Å². The first-order chi connectivity index (χ1) is 7.56. The van der Waals surface area contributed by atoms with Crippen molar-refractivity contribution in [1.29, 1.82) is 0 Å². The third kappa shape index (κ3) is 3.32. The summed E-state index contributed by atoms with van der Waals surface area (Å²) in [6.07, 6.45) is 0. The van der Waals surface area contributed by atoms with Crippen LogP contribution in [0.3, 0.4) is 0 Å². The zero-order valence-corrected chi connectivity index (χ0v) is 11.1. The first-order valence-electron chi connectivity index (χ1n) is 5.37. The zero-order chi connectivity index (χ0) is 12.1. The molecule has 0 aliphatic heterocycles. The molecular formula is C12H19NO2S. The molecule has 90 valence electrons.